The molecule has 0 bridgehead atoms. The summed E-state index contributed by atoms with van der Waals surface area (Å²) in [6.07, 6.45) is 0. The third-order valence-electron chi connectivity index (χ3n) is 3.88. The number of nitrogens with one attached hydrogen (secondary N) is 1. The number of amides is 2. The topological polar surface area (TPSA) is 41.6 Å². The molecule has 0 heterocycles. The zero-order valence-corrected chi connectivity index (χ0v) is 15.2. The third kappa shape index (κ3) is 4.93. The summed E-state index contributed by atoms with van der Waals surface area (Å²) in [6.45, 7) is 2.62. The van der Waals surface area contributed by atoms with Crippen LogP contribution in [-0.2, 0) is 0 Å². The molecule has 0 fully saturated rings. The maximum absolute atomic E-state index is 12.3. The average molecular weight is 344 g/mol. The first kappa shape index (κ1) is 18.2. The van der Waals surface area contributed by atoms with Gasteiger partial charge in [0.15, 0.2) is 0 Å². The quantitative estimate of drug-likeness (QED) is 0.605. The molecule has 128 valence electrons. The van der Waals surface area contributed by atoms with Crippen molar-refractivity contribution in [1.29, 1.82) is 0 Å². The number of carbonyl (C=O) groups excluding carboxylic acids is 1. The predicted molar refractivity (Wildman–Crippen MR) is 99.7 cm³/mol. The number of rotatable bonds is 7. The van der Waals surface area contributed by atoms with Crippen molar-refractivity contribution < 1.29 is 9.53 Å². The Morgan fingerprint density at radius 1 is 1.17 bits per heavy atom. The molecule has 2 aromatic carbocycles. The average Bonchev–Trinajstić information content (AvgIpc) is 2.64. The van der Waals surface area contributed by atoms with Crippen LogP contribution in [-0.4, -0.2) is 37.4 Å². The fourth-order valence-electron chi connectivity index (χ4n) is 2.36. The van der Waals surface area contributed by atoms with Crippen LogP contribution in [0.25, 0.3) is 0 Å². The highest BCUT2D eigenvalue weighted by molar-refractivity contribution is 7.99. The molecule has 2 amide bonds. The van der Waals surface area contributed by atoms with E-state index in [2.05, 4.69) is 17.4 Å². The molecule has 1 atom stereocenters. The SMILES string of the molecule is COc1ccccc1C(C)N(C)C(=O)NCCSc1ccccc1. The summed E-state index contributed by atoms with van der Waals surface area (Å²) < 4.78 is 5.38. The first-order chi connectivity index (χ1) is 11.6. The molecule has 0 aromatic heterocycles. The Kier molecular flexibility index (Phi) is 7.00. The molecule has 5 heteroatoms. The molecule has 1 N–H and O–H groups in total. The Morgan fingerprint density at radius 3 is 2.54 bits per heavy atom. The van der Waals surface area contributed by atoms with Gasteiger partial charge in [-0.2, -0.15) is 0 Å². The largest absolute Gasteiger partial charge is 0.496 e. The van der Waals surface area contributed by atoms with Crippen LogP contribution in [0.15, 0.2) is 59.5 Å². The van der Waals surface area contributed by atoms with Crippen LogP contribution in [0.2, 0.25) is 0 Å². The normalized spacial score (nSPS) is 11.6. The summed E-state index contributed by atoms with van der Waals surface area (Å²) in [4.78, 5) is 15.2. The van der Waals surface area contributed by atoms with E-state index < -0.39 is 0 Å². The molecular formula is C19H24N2O2S. The summed E-state index contributed by atoms with van der Waals surface area (Å²) in [5, 5.41) is 2.97. The van der Waals surface area contributed by atoms with Crippen LogP contribution in [0.3, 0.4) is 0 Å². The highest BCUT2D eigenvalue weighted by Crippen LogP contribution is 2.28. The van der Waals surface area contributed by atoms with Crippen LogP contribution in [0.5, 0.6) is 5.75 Å². The van der Waals surface area contributed by atoms with Gasteiger partial charge in [-0.05, 0) is 25.1 Å². The first-order valence-electron chi connectivity index (χ1n) is 7.95. The first-order valence-corrected chi connectivity index (χ1v) is 8.93. The van der Waals surface area contributed by atoms with Gasteiger partial charge >= 0.3 is 6.03 Å². The molecule has 24 heavy (non-hydrogen) atoms. The van der Waals surface area contributed by atoms with Crippen molar-refractivity contribution in [2.24, 2.45) is 0 Å². The zero-order valence-electron chi connectivity index (χ0n) is 14.4. The lowest BCUT2D eigenvalue weighted by atomic mass is 10.1. The minimum Gasteiger partial charge on any atom is -0.496 e. The fourth-order valence-corrected chi connectivity index (χ4v) is 3.15. The van der Waals surface area contributed by atoms with Gasteiger partial charge in [-0.25, -0.2) is 4.79 Å². The number of ether oxygens (including phenoxy) is 1. The number of para-hydroxylation sites is 1. The van der Waals surface area contributed by atoms with E-state index in [0.717, 1.165) is 17.1 Å². The number of hydrogen-bond donors (Lipinski definition) is 1. The van der Waals surface area contributed by atoms with Crippen LogP contribution in [0.1, 0.15) is 18.5 Å². The minimum atomic E-state index is -0.0814. The monoisotopic (exact) mass is 344 g/mol. The Bertz CT molecular complexity index is 649. The van der Waals surface area contributed by atoms with Crippen molar-refractivity contribution in [3.05, 3.63) is 60.2 Å². The van der Waals surface area contributed by atoms with Crippen molar-refractivity contribution in [2.45, 2.75) is 17.9 Å². The number of methoxy groups -OCH3 is 1. The number of carbonyl (C=O) groups is 1. The van der Waals surface area contributed by atoms with Gasteiger partial charge in [0, 0.05) is 29.8 Å². The minimum absolute atomic E-state index is 0.0667. The zero-order chi connectivity index (χ0) is 17.4. The molecular weight excluding hydrogens is 320 g/mol. The van der Waals surface area contributed by atoms with E-state index in [0.29, 0.717) is 6.54 Å². The van der Waals surface area contributed by atoms with Gasteiger partial charge in [0.2, 0.25) is 0 Å². The summed E-state index contributed by atoms with van der Waals surface area (Å²) in [5.74, 6) is 1.64. The lowest BCUT2D eigenvalue weighted by Gasteiger charge is -2.26. The molecule has 0 spiro atoms. The number of nitrogens with zero attached hydrogens (tertiary/aromatic N) is 1. The summed E-state index contributed by atoms with van der Waals surface area (Å²) in [5.41, 5.74) is 0.997. The van der Waals surface area contributed by atoms with Gasteiger partial charge in [0.25, 0.3) is 0 Å². The molecule has 2 aromatic rings. The molecule has 0 aliphatic heterocycles. The van der Waals surface area contributed by atoms with Crippen LogP contribution in [0, 0.1) is 0 Å². The second kappa shape index (κ2) is 9.23. The van der Waals surface area contributed by atoms with Crippen LogP contribution < -0.4 is 10.1 Å². The number of thioether (sulfide) groups is 1. The maximum atomic E-state index is 12.3. The van der Waals surface area contributed by atoms with E-state index in [-0.39, 0.29) is 12.1 Å². The van der Waals surface area contributed by atoms with Gasteiger partial charge in [0.05, 0.1) is 13.2 Å². The van der Waals surface area contributed by atoms with Gasteiger partial charge in [-0.15, -0.1) is 11.8 Å². The third-order valence-corrected chi connectivity index (χ3v) is 4.89. The molecule has 0 radical (unpaired) electrons. The van der Waals surface area contributed by atoms with Crippen molar-refractivity contribution in [1.82, 2.24) is 10.2 Å². The van der Waals surface area contributed by atoms with Gasteiger partial charge in [-0.3, -0.25) is 0 Å². The number of hydrogen-bond acceptors (Lipinski definition) is 3. The van der Waals surface area contributed by atoms with E-state index in [1.807, 2.05) is 49.4 Å². The Morgan fingerprint density at radius 2 is 1.83 bits per heavy atom. The molecule has 0 aliphatic carbocycles. The van der Waals surface area contributed by atoms with Crippen molar-refractivity contribution in [2.75, 3.05) is 26.5 Å². The van der Waals surface area contributed by atoms with Gasteiger partial charge < -0.3 is 15.0 Å². The standard InChI is InChI=1S/C19H24N2O2S/c1-15(17-11-7-8-12-18(17)23-3)21(2)19(22)20-13-14-24-16-9-5-4-6-10-16/h4-12,15H,13-14H2,1-3H3,(H,20,22). The Hall–Kier alpha value is -2.14. The van der Waals surface area contributed by atoms with E-state index in [1.165, 1.54) is 4.90 Å². The summed E-state index contributed by atoms with van der Waals surface area (Å²) >= 11 is 1.73. The van der Waals surface area contributed by atoms with E-state index >= 15 is 0 Å². The number of urea groups is 1. The smallest absolute Gasteiger partial charge is 0.317 e. The number of benzene rings is 2. The second-order valence-electron chi connectivity index (χ2n) is 5.42. The van der Waals surface area contributed by atoms with Crippen molar-refractivity contribution in [3.8, 4) is 5.75 Å². The van der Waals surface area contributed by atoms with E-state index in [4.69, 9.17) is 4.74 Å². The molecule has 4 nitrogen and oxygen atoms in total. The summed E-state index contributed by atoms with van der Waals surface area (Å²) in [7, 11) is 3.45. The molecule has 0 saturated carbocycles. The van der Waals surface area contributed by atoms with Crippen molar-refractivity contribution in [3.63, 3.8) is 0 Å². The Balaban J connectivity index is 1.83. The lowest BCUT2D eigenvalue weighted by Crippen LogP contribution is -2.39. The summed E-state index contributed by atoms with van der Waals surface area (Å²) in [6, 6.07) is 17.8. The maximum Gasteiger partial charge on any atom is 0.317 e. The van der Waals surface area contributed by atoms with E-state index in [9.17, 15) is 4.79 Å². The highest BCUT2D eigenvalue weighted by atomic mass is 32.2. The molecule has 1 unspecified atom stereocenters. The van der Waals surface area contributed by atoms with Crippen molar-refractivity contribution >= 4 is 17.8 Å². The predicted octanol–water partition coefficient (Wildman–Crippen LogP) is 4.19. The van der Waals surface area contributed by atoms with E-state index in [1.54, 1.807) is 30.8 Å². The molecule has 2 rings (SSSR count). The van der Waals surface area contributed by atoms with Crippen LogP contribution in [0.4, 0.5) is 4.79 Å². The van der Waals surface area contributed by atoms with Crippen LogP contribution >= 0.6 is 11.8 Å². The Labute approximate surface area is 148 Å². The molecule has 0 saturated heterocycles. The second-order valence-corrected chi connectivity index (χ2v) is 6.59. The highest BCUT2D eigenvalue weighted by Gasteiger charge is 2.19. The van der Waals surface area contributed by atoms with Gasteiger partial charge in [0.1, 0.15) is 5.75 Å². The lowest BCUT2D eigenvalue weighted by molar-refractivity contribution is 0.194. The fraction of sp³-hybridized carbons (Fsp3) is 0.316. The van der Waals surface area contributed by atoms with Gasteiger partial charge in [-0.1, -0.05) is 36.4 Å². The molecule has 0 aliphatic rings.